The van der Waals surface area contributed by atoms with E-state index in [0.29, 0.717) is 30.9 Å². The van der Waals surface area contributed by atoms with Gasteiger partial charge in [-0.05, 0) is 38.7 Å². The minimum atomic E-state index is -3.88. The number of hydrogen-bond acceptors (Lipinski definition) is 6. The van der Waals surface area contributed by atoms with E-state index in [0.717, 1.165) is 0 Å². The Morgan fingerprint density at radius 1 is 1.43 bits per heavy atom. The molecule has 2 rings (SSSR count). The van der Waals surface area contributed by atoms with E-state index < -0.39 is 16.1 Å². The minimum Gasteiger partial charge on any atom is -0.399 e. The van der Waals surface area contributed by atoms with Crippen LogP contribution in [0.15, 0.2) is 23.1 Å². The molecule has 7 nitrogen and oxygen atoms in total. The summed E-state index contributed by atoms with van der Waals surface area (Å²) in [5.41, 5.74) is 6.50. The van der Waals surface area contributed by atoms with Crippen LogP contribution in [0.3, 0.4) is 0 Å². The molecule has 0 spiro atoms. The smallest absolute Gasteiger partial charge is 0.240 e. The van der Waals surface area contributed by atoms with Crippen LogP contribution in [0.5, 0.6) is 0 Å². The first kappa shape index (κ1) is 16.0. The summed E-state index contributed by atoms with van der Waals surface area (Å²) in [4.78, 5) is 3.90. The first-order chi connectivity index (χ1) is 9.68. The van der Waals surface area contributed by atoms with Gasteiger partial charge in [-0.3, -0.25) is 0 Å². The van der Waals surface area contributed by atoms with E-state index in [9.17, 15) is 13.5 Å². The molecule has 1 aromatic carbocycles. The van der Waals surface area contributed by atoms with Crippen molar-refractivity contribution in [2.45, 2.75) is 23.5 Å². The summed E-state index contributed by atoms with van der Waals surface area (Å²) >= 11 is 0. The zero-order valence-corrected chi connectivity index (χ0v) is 13.0. The summed E-state index contributed by atoms with van der Waals surface area (Å²) in [5.74, 6) is 0. The van der Waals surface area contributed by atoms with Crippen molar-refractivity contribution in [3.63, 3.8) is 0 Å². The van der Waals surface area contributed by atoms with Crippen LogP contribution in [0.4, 0.5) is 11.4 Å². The predicted molar refractivity (Wildman–Crippen MR) is 82.5 cm³/mol. The molecule has 21 heavy (non-hydrogen) atoms. The van der Waals surface area contributed by atoms with Crippen LogP contribution in [0.25, 0.3) is 0 Å². The molecular weight excluding hydrogens is 292 g/mol. The first-order valence-electron chi connectivity index (χ1n) is 6.70. The third kappa shape index (κ3) is 3.65. The normalized spacial score (nSPS) is 23.0. The van der Waals surface area contributed by atoms with Crippen molar-refractivity contribution in [2.24, 2.45) is 5.14 Å². The maximum Gasteiger partial charge on any atom is 0.240 e. The Kier molecular flexibility index (Phi) is 4.43. The third-order valence-corrected chi connectivity index (χ3v) is 4.51. The molecule has 0 saturated carbocycles. The zero-order chi connectivity index (χ0) is 15.8. The molecule has 5 N–H and O–H groups in total. The quantitative estimate of drug-likeness (QED) is 0.641. The number of aliphatic hydroxyl groups excluding tert-OH is 1. The minimum absolute atomic E-state index is 0.000330. The fourth-order valence-electron chi connectivity index (χ4n) is 2.78. The van der Waals surface area contributed by atoms with Crippen molar-refractivity contribution in [1.82, 2.24) is 4.90 Å². The number of benzene rings is 1. The Morgan fingerprint density at radius 2 is 2.10 bits per heavy atom. The van der Waals surface area contributed by atoms with Crippen LogP contribution >= 0.6 is 0 Å². The summed E-state index contributed by atoms with van der Waals surface area (Å²) in [6.07, 6.45) is 0.105. The number of sulfonamides is 1. The Bertz CT molecular complexity index is 618. The summed E-state index contributed by atoms with van der Waals surface area (Å²) in [6, 6.07) is 4.68. The molecule has 0 aliphatic carbocycles. The molecule has 8 heteroatoms. The molecule has 118 valence electrons. The zero-order valence-electron chi connectivity index (χ0n) is 12.2. The maximum absolute atomic E-state index is 11.8. The van der Waals surface area contributed by atoms with Crippen molar-refractivity contribution in [2.75, 3.05) is 37.8 Å². The molecular formula is C13H22N4O3S. The van der Waals surface area contributed by atoms with Crippen LogP contribution in [0.1, 0.15) is 6.42 Å². The second kappa shape index (κ2) is 5.80. The van der Waals surface area contributed by atoms with E-state index in [2.05, 4.69) is 0 Å². The Morgan fingerprint density at radius 3 is 2.67 bits per heavy atom. The van der Waals surface area contributed by atoms with E-state index in [1.165, 1.54) is 6.07 Å². The molecule has 1 heterocycles. The molecule has 2 atom stereocenters. The monoisotopic (exact) mass is 314 g/mol. The maximum atomic E-state index is 11.8. The molecule has 1 aliphatic heterocycles. The van der Waals surface area contributed by atoms with Gasteiger partial charge < -0.3 is 20.6 Å². The van der Waals surface area contributed by atoms with E-state index in [4.69, 9.17) is 10.9 Å². The van der Waals surface area contributed by atoms with Gasteiger partial charge in [0.15, 0.2) is 0 Å². The van der Waals surface area contributed by atoms with E-state index >= 15 is 0 Å². The van der Waals surface area contributed by atoms with Gasteiger partial charge in [0, 0.05) is 24.8 Å². The highest BCUT2D eigenvalue weighted by Gasteiger charge is 2.33. The lowest BCUT2D eigenvalue weighted by Crippen LogP contribution is -2.38. The number of likely N-dealkylation sites (N-methyl/N-ethyl adjacent to an activating group) is 1. The van der Waals surface area contributed by atoms with Crippen LogP contribution in [-0.2, 0) is 10.0 Å². The summed E-state index contributed by atoms with van der Waals surface area (Å²) in [6.45, 7) is 1.09. The highest BCUT2D eigenvalue weighted by atomic mass is 32.2. The van der Waals surface area contributed by atoms with Crippen LogP contribution in [0.2, 0.25) is 0 Å². The second-order valence-electron chi connectivity index (χ2n) is 5.73. The van der Waals surface area contributed by atoms with E-state index in [1.54, 1.807) is 12.1 Å². The standard InChI is InChI=1S/C13H22N4O3S/c1-16(2)7-10-6-11(18)8-17(10)12-4-3-9(14)5-13(12)21(15,19)20/h3-5,10-11,18H,6-8,14H2,1-2H3,(H2,15,19,20). The average Bonchev–Trinajstić information content (AvgIpc) is 2.68. The molecule has 1 aliphatic rings. The largest absolute Gasteiger partial charge is 0.399 e. The number of β-amino-alcohol motifs (C(OH)–C–C–N with tert-alkyl or cyclic N) is 1. The number of primary sulfonamides is 1. The van der Waals surface area contributed by atoms with Crippen molar-refractivity contribution in [3.8, 4) is 0 Å². The van der Waals surface area contributed by atoms with E-state index in [-0.39, 0.29) is 10.9 Å². The van der Waals surface area contributed by atoms with Gasteiger partial charge in [0.05, 0.1) is 11.8 Å². The summed E-state index contributed by atoms with van der Waals surface area (Å²) in [7, 11) is -0.00578. The molecule has 0 amide bonds. The Balaban J connectivity index is 2.45. The Labute approximate surface area is 125 Å². The van der Waals surface area contributed by atoms with Gasteiger partial charge in [-0.15, -0.1) is 0 Å². The fraction of sp³-hybridized carbons (Fsp3) is 0.538. The molecule has 1 fully saturated rings. The number of rotatable bonds is 4. The number of nitrogen functional groups attached to an aromatic ring is 1. The number of aliphatic hydroxyl groups is 1. The SMILES string of the molecule is CN(C)CC1CC(O)CN1c1ccc(N)cc1S(N)(=O)=O. The van der Waals surface area contributed by atoms with Crippen molar-refractivity contribution in [1.29, 1.82) is 0 Å². The van der Waals surface area contributed by atoms with Gasteiger partial charge in [0.25, 0.3) is 0 Å². The van der Waals surface area contributed by atoms with Gasteiger partial charge >= 0.3 is 0 Å². The summed E-state index contributed by atoms with van der Waals surface area (Å²) < 4.78 is 23.6. The fourth-order valence-corrected chi connectivity index (χ4v) is 3.55. The summed E-state index contributed by atoms with van der Waals surface area (Å²) in [5, 5.41) is 15.2. The third-order valence-electron chi connectivity index (χ3n) is 3.57. The predicted octanol–water partition coefficient (Wildman–Crippen LogP) is -0.583. The second-order valence-corrected chi connectivity index (χ2v) is 7.26. The number of hydrogen-bond donors (Lipinski definition) is 3. The van der Waals surface area contributed by atoms with Crippen LogP contribution in [0, 0.1) is 0 Å². The number of nitrogens with zero attached hydrogens (tertiary/aromatic N) is 2. The average molecular weight is 314 g/mol. The van der Waals surface area contributed by atoms with Crippen molar-refractivity contribution < 1.29 is 13.5 Å². The van der Waals surface area contributed by atoms with Gasteiger partial charge in [-0.1, -0.05) is 0 Å². The molecule has 0 radical (unpaired) electrons. The van der Waals surface area contributed by atoms with Crippen molar-refractivity contribution >= 4 is 21.4 Å². The number of anilines is 2. The lowest BCUT2D eigenvalue weighted by atomic mass is 10.2. The van der Waals surface area contributed by atoms with Crippen LogP contribution < -0.4 is 15.8 Å². The lowest BCUT2D eigenvalue weighted by molar-refractivity contribution is 0.191. The first-order valence-corrected chi connectivity index (χ1v) is 8.25. The highest BCUT2D eigenvalue weighted by Crippen LogP contribution is 2.32. The van der Waals surface area contributed by atoms with E-state index in [1.807, 2.05) is 23.9 Å². The van der Waals surface area contributed by atoms with Gasteiger partial charge in [0.1, 0.15) is 4.90 Å². The molecule has 1 aromatic rings. The van der Waals surface area contributed by atoms with Gasteiger partial charge in [-0.25, -0.2) is 13.6 Å². The Hall–Kier alpha value is -1.35. The highest BCUT2D eigenvalue weighted by molar-refractivity contribution is 7.89. The molecule has 1 saturated heterocycles. The van der Waals surface area contributed by atoms with Gasteiger partial charge in [0.2, 0.25) is 10.0 Å². The van der Waals surface area contributed by atoms with Crippen LogP contribution in [-0.4, -0.2) is 57.8 Å². The molecule has 2 unspecified atom stereocenters. The molecule has 0 aromatic heterocycles. The molecule has 0 bridgehead atoms. The van der Waals surface area contributed by atoms with Gasteiger partial charge in [-0.2, -0.15) is 0 Å². The van der Waals surface area contributed by atoms with Crippen molar-refractivity contribution in [3.05, 3.63) is 18.2 Å². The lowest BCUT2D eigenvalue weighted by Gasteiger charge is -2.30. The number of nitrogens with two attached hydrogens (primary N) is 2. The topological polar surface area (TPSA) is 113 Å².